The van der Waals surface area contributed by atoms with Crippen LogP contribution in [0.3, 0.4) is 0 Å². The summed E-state index contributed by atoms with van der Waals surface area (Å²) < 4.78 is 11.6. The van der Waals surface area contributed by atoms with E-state index in [9.17, 15) is 9.59 Å². The van der Waals surface area contributed by atoms with Gasteiger partial charge in [0.1, 0.15) is 13.2 Å². The van der Waals surface area contributed by atoms with Crippen molar-refractivity contribution >= 4 is 12.1 Å². The number of amides is 1. The zero-order valence-corrected chi connectivity index (χ0v) is 21.0. The van der Waals surface area contributed by atoms with Gasteiger partial charge in [0, 0.05) is 18.9 Å². The van der Waals surface area contributed by atoms with E-state index >= 15 is 0 Å². The largest absolute Gasteiger partial charge is 0.463 e. The normalized spacial score (nSPS) is 19.9. The molecule has 5 heteroatoms. The molecule has 4 rings (SSSR count). The molecule has 0 saturated carbocycles. The van der Waals surface area contributed by atoms with Crippen LogP contribution in [-0.4, -0.2) is 42.8 Å². The summed E-state index contributed by atoms with van der Waals surface area (Å²) >= 11 is 0. The van der Waals surface area contributed by atoms with Crippen molar-refractivity contribution < 1.29 is 19.1 Å². The number of rotatable bonds is 4. The Morgan fingerprint density at radius 3 is 2.17 bits per heavy atom. The molecule has 0 spiro atoms. The summed E-state index contributed by atoms with van der Waals surface area (Å²) in [7, 11) is 0. The Balaban J connectivity index is 1.47. The molecule has 1 aliphatic heterocycles. The van der Waals surface area contributed by atoms with Gasteiger partial charge in [-0.05, 0) is 41.5 Å². The summed E-state index contributed by atoms with van der Waals surface area (Å²) in [6.45, 7) is 3.29. The lowest BCUT2D eigenvalue weighted by Gasteiger charge is -2.31. The third-order valence-corrected chi connectivity index (χ3v) is 7.35. The SMILES string of the molecule is CCCC1COC(=O)CCCCCCCCCN1C(=O)OCC1c2ccccc2-c2ccccc21. The zero-order valence-electron chi connectivity index (χ0n) is 21.0. The van der Waals surface area contributed by atoms with Gasteiger partial charge in [0.25, 0.3) is 0 Å². The second-order valence-electron chi connectivity index (χ2n) is 9.85. The number of carbonyl (C=O) groups excluding carboxylic acids is 2. The molecule has 1 saturated heterocycles. The lowest BCUT2D eigenvalue weighted by atomic mass is 9.98. The topological polar surface area (TPSA) is 55.8 Å². The molecule has 2 aliphatic rings. The predicted octanol–water partition coefficient (Wildman–Crippen LogP) is 7.08. The van der Waals surface area contributed by atoms with E-state index in [-0.39, 0.29) is 30.6 Å². The van der Waals surface area contributed by atoms with Crippen molar-refractivity contribution in [2.24, 2.45) is 0 Å². The van der Waals surface area contributed by atoms with Crippen LogP contribution in [0.25, 0.3) is 11.1 Å². The summed E-state index contributed by atoms with van der Waals surface area (Å²) in [6.07, 6.45) is 9.38. The molecule has 0 radical (unpaired) electrons. The number of esters is 1. The molecule has 2 aromatic carbocycles. The molecule has 1 atom stereocenters. The van der Waals surface area contributed by atoms with Crippen LogP contribution in [0, 0.1) is 0 Å². The fourth-order valence-electron chi connectivity index (χ4n) is 5.46. The maximum absolute atomic E-state index is 13.4. The van der Waals surface area contributed by atoms with E-state index < -0.39 is 0 Å². The molecule has 1 amide bonds. The van der Waals surface area contributed by atoms with Crippen LogP contribution in [-0.2, 0) is 14.3 Å². The minimum atomic E-state index is -0.298. The van der Waals surface area contributed by atoms with Gasteiger partial charge in [-0.2, -0.15) is 0 Å². The van der Waals surface area contributed by atoms with Crippen molar-refractivity contribution in [3.8, 4) is 11.1 Å². The molecule has 1 fully saturated rings. The molecule has 35 heavy (non-hydrogen) atoms. The number of cyclic esters (lactones) is 1. The number of nitrogens with zero attached hydrogens (tertiary/aromatic N) is 1. The fourth-order valence-corrected chi connectivity index (χ4v) is 5.46. The molecular weight excluding hydrogens is 438 g/mol. The number of hydrogen-bond donors (Lipinski definition) is 0. The molecule has 2 aromatic rings. The number of carbonyl (C=O) groups is 2. The lowest BCUT2D eigenvalue weighted by Crippen LogP contribution is -2.44. The number of hydrogen-bond acceptors (Lipinski definition) is 4. The standard InChI is InChI=1S/C30H39NO4/c1-2-14-23-21-34-29(32)19-8-6-4-3-5-7-13-20-31(23)30(33)35-22-28-26-17-11-9-15-24(26)25-16-10-12-18-27(25)28/h9-12,15-18,23,28H,2-8,13-14,19-22H2,1H3. The monoisotopic (exact) mass is 477 g/mol. The van der Waals surface area contributed by atoms with Crippen LogP contribution in [0.1, 0.15) is 88.2 Å². The molecule has 1 unspecified atom stereocenters. The highest BCUT2D eigenvalue weighted by Gasteiger charge is 2.31. The van der Waals surface area contributed by atoms with Gasteiger partial charge >= 0.3 is 12.1 Å². The van der Waals surface area contributed by atoms with E-state index in [2.05, 4.69) is 43.3 Å². The highest BCUT2D eigenvalue weighted by Crippen LogP contribution is 2.44. The van der Waals surface area contributed by atoms with Crippen LogP contribution in [0.2, 0.25) is 0 Å². The van der Waals surface area contributed by atoms with Gasteiger partial charge in [-0.3, -0.25) is 4.79 Å². The van der Waals surface area contributed by atoms with Gasteiger partial charge in [0.2, 0.25) is 0 Å². The van der Waals surface area contributed by atoms with E-state index in [0.29, 0.717) is 19.6 Å². The van der Waals surface area contributed by atoms with Gasteiger partial charge in [-0.25, -0.2) is 4.79 Å². The minimum absolute atomic E-state index is 0.0357. The smallest absolute Gasteiger partial charge is 0.410 e. The molecule has 1 aliphatic carbocycles. The lowest BCUT2D eigenvalue weighted by molar-refractivity contribution is -0.145. The van der Waals surface area contributed by atoms with E-state index in [1.807, 2.05) is 17.0 Å². The first kappa shape index (κ1) is 25.3. The van der Waals surface area contributed by atoms with Gasteiger partial charge in [0.15, 0.2) is 0 Å². The second kappa shape index (κ2) is 12.8. The van der Waals surface area contributed by atoms with Crippen LogP contribution >= 0.6 is 0 Å². The van der Waals surface area contributed by atoms with Crippen molar-refractivity contribution in [2.75, 3.05) is 19.8 Å². The van der Waals surface area contributed by atoms with E-state index in [4.69, 9.17) is 9.47 Å². The predicted molar refractivity (Wildman–Crippen MR) is 138 cm³/mol. The van der Waals surface area contributed by atoms with E-state index in [1.165, 1.54) is 35.1 Å². The molecule has 0 aromatic heterocycles. The third kappa shape index (κ3) is 6.45. The molecule has 1 heterocycles. The van der Waals surface area contributed by atoms with Crippen molar-refractivity contribution in [1.29, 1.82) is 0 Å². The Hall–Kier alpha value is -2.82. The molecule has 5 nitrogen and oxygen atoms in total. The summed E-state index contributed by atoms with van der Waals surface area (Å²) in [4.78, 5) is 27.5. The summed E-state index contributed by atoms with van der Waals surface area (Å²) in [5.41, 5.74) is 4.86. The van der Waals surface area contributed by atoms with Crippen LogP contribution in [0.5, 0.6) is 0 Å². The van der Waals surface area contributed by atoms with E-state index in [0.717, 1.165) is 44.9 Å². The Bertz CT molecular complexity index is 942. The number of fused-ring (bicyclic) bond motifs is 3. The Morgan fingerprint density at radius 1 is 0.914 bits per heavy atom. The summed E-state index contributed by atoms with van der Waals surface area (Å²) in [6, 6.07) is 16.6. The molecule has 0 N–H and O–H groups in total. The summed E-state index contributed by atoms with van der Waals surface area (Å²) in [5.74, 6) is -0.121. The van der Waals surface area contributed by atoms with Crippen LogP contribution in [0.15, 0.2) is 48.5 Å². The van der Waals surface area contributed by atoms with Crippen molar-refractivity contribution in [3.05, 3.63) is 59.7 Å². The molecule has 188 valence electrons. The Kier molecular flexibility index (Phi) is 9.21. The van der Waals surface area contributed by atoms with Gasteiger partial charge in [-0.15, -0.1) is 0 Å². The Morgan fingerprint density at radius 2 is 1.51 bits per heavy atom. The summed E-state index contributed by atoms with van der Waals surface area (Å²) in [5, 5.41) is 0. The highest BCUT2D eigenvalue weighted by atomic mass is 16.6. The van der Waals surface area contributed by atoms with Crippen molar-refractivity contribution in [1.82, 2.24) is 4.90 Å². The first-order valence-corrected chi connectivity index (χ1v) is 13.5. The number of ether oxygens (including phenoxy) is 2. The van der Waals surface area contributed by atoms with Crippen LogP contribution < -0.4 is 0 Å². The van der Waals surface area contributed by atoms with Gasteiger partial charge in [0.05, 0.1) is 6.04 Å². The maximum Gasteiger partial charge on any atom is 0.410 e. The average molecular weight is 478 g/mol. The number of benzene rings is 2. The maximum atomic E-state index is 13.4. The molecule has 0 bridgehead atoms. The zero-order chi connectivity index (χ0) is 24.5. The second-order valence-corrected chi connectivity index (χ2v) is 9.85. The van der Waals surface area contributed by atoms with E-state index in [1.54, 1.807) is 0 Å². The quantitative estimate of drug-likeness (QED) is 0.441. The first-order valence-electron chi connectivity index (χ1n) is 13.5. The molecular formula is C30H39NO4. The van der Waals surface area contributed by atoms with Crippen molar-refractivity contribution in [3.63, 3.8) is 0 Å². The first-order chi connectivity index (χ1) is 17.2. The minimum Gasteiger partial charge on any atom is -0.463 e. The highest BCUT2D eigenvalue weighted by molar-refractivity contribution is 5.79. The van der Waals surface area contributed by atoms with Crippen LogP contribution in [0.4, 0.5) is 4.79 Å². The average Bonchev–Trinajstić information content (AvgIpc) is 3.20. The fraction of sp³-hybridized carbons (Fsp3) is 0.533. The van der Waals surface area contributed by atoms with Crippen molar-refractivity contribution in [2.45, 2.75) is 83.1 Å². The van der Waals surface area contributed by atoms with Gasteiger partial charge in [-0.1, -0.05) is 94.0 Å². The van der Waals surface area contributed by atoms with Gasteiger partial charge < -0.3 is 14.4 Å². The Labute approximate surface area is 209 Å². The third-order valence-electron chi connectivity index (χ3n) is 7.35.